The summed E-state index contributed by atoms with van der Waals surface area (Å²) in [6.07, 6.45) is 3.10. The molecule has 0 radical (unpaired) electrons. The molecule has 1 atom stereocenters. The van der Waals surface area contributed by atoms with Gasteiger partial charge in [0.1, 0.15) is 11.5 Å². The number of hydrogen-bond acceptors (Lipinski definition) is 8. The monoisotopic (exact) mass is 543 g/mol. The van der Waals surface area contributed by atoms with Crippen LogP contribution < -0.4 is 9.64 Å². The van der Waals surface area contributed by atoms with Gasteiger partial charge in [-0.1, -0.05) is 38.2 Å². The number of anilines is 1. The third-order valence-electron chi connectivity index (χ3n) is 6.56. The normalized spacial score (nSPS) is 17.1. The number of methoxy groups -OCH3 is 1. The average Bonchev–Trinajstić information content (AvgIpc) is 3.45. The highest BCUT2D eigenvalue weighted by Gasteiger charge is 2.48. The van der Waals surface area contributed by atoms with Gasteiger partial charge < -0.3 is 14.9 Å². The lowest BCUT2D eigenvalue weighted by atomic mass is 9.84. The molecule has 1 aliphatic heterocycles. The fourth-order valence-corrected chi connectivity index (χ4v) is 5.66. The Morgan fingerprint density at radius 3 is 2.44 bits per heavy atom. The molecule has 1 amide bonds. The van der Waals surface area contributed by atoms with E-state index in [1.807, 2.05) is 20.8 Å². The molecule has 0 bridgehead atoms. The molecule has 1 saturated heterocycles. The zero-order valence-electron chi connectivity index (χ0n) is 21.6. The van der Waals surface area contributed by atoms with Crippen molar-refractivity contribution in [1.29, 1.82) is 0 Å². The van der Waals surface area contributed by atoms with Gasteiger partial charge in [0, 0.05) is 23.5 Å². The first-order valence-electron chi connectivity index (χ1n) is 12.0. The number of carboxylic acids is 1. The minimum absolute atomic E-state index is 0.0812. The van der Waals surface area contributed by atoms with E-state index in [1.165, 1.54) is 23.2 Å². The van der Waals surface area contributed by atoms with Gasteiger partial charge in [-0.25, -0.2) is 9.78 Å². The van der Waals surface area contributed by atoms with E-state index in [1.54, 1.807) is 49.7 Å². The molecule has 2 aromatic heterocycles. The summed E-state index contributed by atoms with van der Waals surface area (Å²) in [6.45, 7) is 6.02. The Balaban J connectivity index is 1.71. The number of nitrogens with zero attached hydrogens (tertiary/aromatic N) is 3. The first-order chi connectivity index (χ1) is 18.5. The van der Waals surface area contributed by atoms with Crippen molar-refractivity contribution >= 4 is 50.1 Å². The molecule has 5 rings (SSSR count). The van der Waals surface area contributed by atoms with Crippen molar-refractivity contribution in [1.82, 2.24) is 9.97 Å². The van der Waals surface area contributed by atoms with Crippen LogP contribution in [0.4, 0.5) is 5.13 Å². The smallest absolute Gasteiger partial charge is 0.335 e. The molecule has 2 aromatic carbocycles. The predicted octanol–water partition coefficient (Wildman–Crippen LogP) is 5.32. The van der Waals surface area contributed by atoms with Crippen molar-refractivity contribution in [2.24, 2.45) is 0 Å². The van der Waals surface area contributed by atoms with Crippen LogP contribution >= 0.6 is 11.3 Å². The zero-order chi connectivity index (χ0) is 28.1. The first kappa shape index (κ1) is 26.1. The summed E-state index contributed by atoms with van der Waals surface area (Å²) in [7, 11) is 1.56. The number of carboxylic acid groups (broad SMARTS) is 1. The zero-order valence-corrected chi connectivity index (χ0v) is 22.4. The third-order valence-corrected chi connectivity index (χ3v) is 7.57. The van der Waals surface area contributed by atoms with Gasteiger partial charge in [0.25, 0.3) is 5.78 Å². The summed E-state index contributed by atoms with van der Waals surface area (Å²) >= 11 is 1.09. The van der Waals surface area contributed by atoms with Crippen molar-refractivity contribution in [3.63, 3.8) is 0 Å². The van der Waals surface area contributed by atoms with E-state index in [4.69, 9.17) is 4.74 Å². The number of aliphatic hydroxyl groups excluding tert-OH is 1. The van der Waals surface area contributed by atoms with Gasteiger partial charge in [-0.3, -0.25) is 19.5 Å². The van der Waals surface area contributed by atoms with Crippen LogP contribution in [0.25, 0.3) is 16.0 Å². The fraction of sp³-hybridized carbons (Fsp3) is 0.207. The van der Waals surface area contributed by atoms with Crippen LogP contribution in [0.1, 0.15) is 53.9 Å². The quantitative estimate of drug-likeness (QED) is 0.196. The van der Waals surface area contributed by atoms with Gasteiger partial charge in [-0.2, -0.15) is 0 Å². The SMILES string of the molecule is COc1ccc(/C(O)=C2\C(=O)C(=O)N(c3nc4ccc(C(=O)O)cc4s3)C2c2cccnc2)cc1C(C)(C)C. The molecule has 0 aliphatic carbocycles. The first-order valence-corrected chi connectivity index (χ1v) is 12.9. The number of benzene rings is 2. The number of rotatable bonds is 5. The molecule has 1 fully saturated rings. The average molecular weight is 544 g/mol. The van der Waals surface area contributed by atoms with E-state index in [0.29, 0.717) is 27.1 Å². The maximum atomic E-state index is 13.5. The Hall–Kier alpha value is -4.57. The summed E-state index contributed by atoms with van der Waals surface area (Å²) in [5.41, 5.74) is 1.84. The molecule has 2 N–H and O–H groups in total. The number of ketones is 1. The summed E-state index contributed by atoms with van der Waals surface area (Å²) < 4.78 is 6.05. The van der Waals surface area contributed by atoms with Gasteiger partial charge in [0.05, 0.1) is 34.5 Å². The number of aromatic nitrogens is 2. The minimum Gasteiger partial charge on any atom is -0.507 e. The second-order valence-corrected chi connectivity index (χ2v) is 11.1. The standard InChI is InChI=1S/C29H25N3O6S/c1-29(2,3)18-12-15(8-10-20(18)38-4)24(33)22-23(17-6-5-11-30-14-17)32(26(35)25(22)34)28-31-19-9-7-16(27(36)37)13-21(19)39-28/h5-14,23,33H,1-4H3,(H,36,37)/b24-22+. The van der Waals surface area contributed by atoms with Crippen molar-refractivity contribution in [2.45, 2.75) is 32.2 Å². The van der Waals surface area contributed by atoms with E-state index in [0.717, 1.165) is 16.9 Å². The Morgan fingerprint density at radius 2 is 1.79 bits per heavy atom. The highest BCUT2D eigenvalue weighted by atomic mass is 32.1. The Bertz CT molecular complexity index is 1670. The number of amides is 1. The number of ether oxygens (including phenoxy) is 1. The molecule has 3 heterocycles. The third kappa shape index (κ3) is 4.52. The molecule has 1 aliphatic rings. The number of carbonyl (C=O) groups excluding carboxylic acids is 2. The van der Waals surface area contributed by atoms with Crippen molar-refractivity contribution in [2.75, 3.05) is 12.0 Å². The van der Waals surface area contributed by atoms with Gasteiger partial charge in [0.15, 0.2) is 5.13 Å². The number of pyridine rings is 1. The number of aromatic carboxylic acids is 1. The largest absolute Gasteiger partial charge is 0.507 e. The minimum atomic E-state index is -1.09. The van der Waals surface area contributed by atoms with E-state index in [9.17, 15) is 24.6 Å². The van der Waals surface area contributed by atoms with Crippen molar-refractivity contribution < 1.29 is 29.3 Å². The number of Topliss-reactive ketones (excluding diaryl/α,β-unsaturated/α-hetero) is 1. The van der Waals surface area contributed by atoms with E-state index < -0.39 is 23.7 Å². The molecule has 4 aromatic rings. The van der Waals surface area contributed by atoms with Crippen LogP contribution in [-0.2, 0) is 15.0 Å². The molecule has 1 unspecified atom stereocenters. The number of carbonyl (C=O) groups is 3. The summed E-state index contributed by atoms with van der Waals surface area (Å²) in [5, 5.41) is 21.1. The maximum Gasteiger partial charge on any atom is 0.335 e. The number of fused-ring (bicyclic) bond motifs is 1. The van der Waals surface area contributed by atoms with Crippen molar-refractivity contribution in [3.8, 4) is 5.75 Å². The van der Waals surface area contributed by atoms with Crippen LogP contribution in [0.3, 0.4) is 0 Å². The molecular weight excluding hydrogens is 518 g/mol. The Labute approximate surface area is 228 Å². The lowest BCUT2D eigenvalue weighted by Gasteiger charge is -2.24. The molecule has 9 nitrogen and oxygen atoms in total. The van der Waals surface area contributed by atoms with Gasteiger partial charge in [-0.15, -0.1) is 0 Å². The summed E-state index contributed by atoms with van der Waals surface area (Å²) in [5.74, 6) is -2.49. The van der Waals surface area contributed by atoms with Crippen LogP contribution in [0.15, 0.2) is 66.5 Å². The number of hydrogen-bond donors (Lipinski definition) is 2. The highest BCUT2D eigenvalue weighted by molar-refractivity contribution is 7.22. The second kappa shape index (κ2) is 9.63. The Kier molecular flexibility index (Phi) is 6.43. The van der Waals surface area contributed by atoms with Crippen LogP contribution in [0, 0.1) is 0 Å². The van der Waals surface area contributed by atoms with E-state index >= 15 is 0 Å². The lowest BCUT2D eigenvalue weighted by Crippen LogP contribution is -2.29. The van der Waals surface area contributed by atoms with E-state index in [-0.39, 0.29) is 27.4 Å². The molecular formula is C29H25N3O6S. The van der Waals surface area contributed by atoms with Crippen LogP contribution in [0.5, 0.6) is 5.75 Å². The van der Waals surface area contributed by atoms with Gasteiger partial charge in [-0.05, 0) is 53.4 Å². The van der Waals surface area contributed by atoms with Crippen LogP contribution in [0.2, 0.25) is 0 Å². The lowest BCUT2D eigenvalue weighted by molar-refractivity contribution is -0.132. The highest BCUT2D eigenvalue weighted by Crippen LogP contribution is 2.45. The van der Waals surface area contributed by atoms with Crippen LogP contribution in [-0.4, -0.2) is 45.0 Å². The Morgan fingerprint density at radius 1 is 1.05 bits per heavy atom. The van der Waals surface area contributed by atoms with Crippen molar-refractivity contribution in [3.05, 3.63) is 88.8 Å². The molecule has 39 heavy (non-hydrogen) atoms. The summed E-state index contributed by atoms with van der Waals surface area (Å²) in [4.78, 5) is 48.4. The summed E-state index contributed by atoms with van der Waals surface area (Å²) in [6, 6.07) is 12.0. The van der Waals surface area contributed by atoms with Gasteiger partial charge >= 0.3 is 11.9 Å². The molecule has 10 heteroatoms. The molecule has 0 spiro atoms. The predicted molar refractivity (Wildman–Crippen MR) is 147 cm³/mol. The maximum absolute atomic E-state index is 13.5. The number of thiazole rings is 1. The second-order valence-electron chi connectivity index (χ2n) is 10.1. The fourth-order valence-electron chi connectivity index (χ4n) is 4.63. The van der Waals surface area contributed by atoms with Gasteiger partial charge in [0.2, 0.25) is 0 Å². The number of aliphatic hydroxyl groups is 1. The topological polar surface area (TPSA) is 130 Å². The molecule has 198 valence electrons. The molecule has 0 saturated carbocycles. The van der Waals surface area contributed by atoms with E-state index in [2.05, 4.69) is 9.97 Å².